The van der Waals surface area contributed by atoms with E-state index in [4.69, 9.17) is 4.74 Å². The van der Waals surface area contributed by atoms with Crippen molar-refractivity contribution in [3.05, 3.63) is 78.0 Å². The second-order valence-electron chi connectivity index (χ2n) is 6.61. The number of aromatic nitrogens is 1. The molecular weight excluding hydrogens is 422 g/mol. The van der Waals surface area contributed by atoms with Gasteiger partial charge in [0.1, 0.15) is 17.4 Å². The molecule has 164 valence electrons. The maximum Gasteiger partial charge on any atom is 0.325 e. The third-order valence-electron chi connectivity index (χ3n) is 3.98. The average molecular weight is 440 g/mol. The summed E-state index contributed by atoms with van der Waals surface area (Å²) in [6, 6.07) is 11.1. The Labute approximate surface area is 181 Å². The molecule has 0 aliphatic carbocycles. The van der Waals surface area contributed by atoms with Gasteiger partial charge in [0.15, 0.2) is 11.6 Å². The van der Waals surface area contributed by atoms with Crippen LogP contribution < -0.4 is 20.7 Å². The molecule has 0 saturated heterocycles. The molecule has 0 unspecified atom stereocenters. The van der Waals surface area contributed by atoms with E-state index in [0.29, 0.717) is 5.56 Å². The van der Waals surface area contributed by atoms with Crippen LogP contribution in [0.5, 0.6) is 11.5 Å². The van der Waals surface area contributed by atoms with Crippen LogP contribution in [0.3, 0.4) is 0 Å². The fourth-order valence-corrected chi connectivity index (χ4v) is 2.63. The zero-order valence-corrected chi connectivity index (χ0v) is 16.8. The molecule has 0 fully saturated rings. The summed E-state index contributed by atoms with van der Waals surface area (Å²) in [6.45, 7) is 1.33. The third-order valence-corrected chi connectivity index (χ3v) is 3.98. The summed E-state index contributed by atoms with van der Waals surface area (Å²) in [4.78, 5) is 39.0. The smallest absolute Gasteiger partial charge is 0.325 e. The second kappa shape index (κ2) is 10.1. The van der Waals surface area contributed by atoms with Crippen molar-refractivity contribution in [2.75, 3.05) is 10.6 Å². The number of nitrogens with zero attached hydrogens (tertiary/aromatic N) is 1. The maximum absolute atomic E-state index is 14.4. The number of carbonyl (C=O) groups excluding carboxylic acids is 3. The van der Waals surface area contributed by atoms with Crippen molar-refractivity contribution < 1.29 is 27.9 Å². The van der Waals surface area contributed by atoms with E-state index in [1.54, 1.807) is 0 Å². The summed E-state index contributed by atoms with van der Waals surface area (Å²) >= 11 is 0. The molecule has 3 N–H and O–H groups in total. The Kier molecular flexibility index (Phi) is 7.06. The highest BCUT2D eigenvalue weighted by molar-refractivity contribution is 6.01. The van der Waals surface area contributed by atoms with Gasteiger partial charge >= 0.3 is 6.03 Å². The van der Waals surface area contributed by atoms with Gasteiger partial charge in [0.05, 0.1) is 6.42 Å². The Bertz CT molecular complexity index is 1150. The van der Waals surface area contributed by atoms with E-state index in [1.807, 2.05) is 0 Å². The van der Waals surface area contributed by atoms with Crippen molar-refractivity contribution in [1.29, 1.82) is 0 Å². The predicted molar refractivity (Wildman–Crippen MR) is 112 cm³/mol. The first kappa shape index (κ1) is 22.3. The van der Waals surface area contributed by atoms with Crippen LogP contribution in [0.15, 0.2) is 60.8 Å². The number of pyridine rings is 1. The molecule has 3 rings (SSSR count). The van der Waals surface area contributed by atoms with Crippen molar-refractivity contribution in [2.24, 2.45) is 0 Å². The van der Waals surface area contributed by atoms with Crippen molar-refractivity contribution in [2.45, 2.75) is 13.3 Å². The van der Waals surface area contributed by atoms with E-state index in [0.717, 1.165) is 6.07 Å². The molecule has 2 aromatic carbocycles. The number of benzene rings is 2. The lowest BCUT2D eigenvalue weighted by Crippen LogP contribution is -2.35. The van der Waals surface area contributed by atoms with E-state index in [2.05, 4.69) is 20.9 Å². The minimum atomic E-state index is -0.848. The van der Waals surface area contributed by atoms with Gasteiger partial charge in [-0.15, -0.1) is 0 Å². The minimum absolute atomic E-state index is 0.0931. The van der Waals surface area contributed by atoms with Gasteiger partial charge in [-0.05, 0) is 35.9 Å². The van der Waals surface area contributed by atoms with Crippen LogP contribution in [-0.2, 0) is 16.0 Å². The highest BCUT2D eigenvalue weighted by Crippen LogP contribution is 2.27. The number of imide groups is 1. The predicted octanol–water partition coefficient (Wildman–Crippen LogP) is 4.00. The normalized spacial score (nSPS) is 10.2. The molecule has 0 aliphatic heterocycles. The zero-order chi connectivity index (χ0) is 23.1. The van der Waals surface area contributed by atoms with Crippen molar-refractivity contribution in [3.8, 4) is 11.5 Å². The Morgan fingerprint density at radius 2 is 1.72 bits per heavy atom. The summed E-state index contributed by atoms with van der Waals surface area (Å²) in [5.41, 5.74) is 0.623. The topological polar surface area (TPSA) is 109 Å². The van der Waals surface area contributed by atoms with Gasteiger partial charge in [-0.2, -0.15) is 0 Å². The van der Waals surface area contributed by atoms with Gasteiger partial charge in [0, 0.05) is 30.9 Å². The van der Waals surface area contributed by atoms with Crippen LogP contribution in [0, 0.1) is 11.6 Å². The highest BCUT2D eigenvalue weighted by Gasteiger charge is 2.12. The maximum atomic E-state index is 14.4. The second-order valence-corrected chi connectivity index (χ2v) is 6.61. The first-order valence-electron chi connectivity index (χ1n) is 9.35. The number of amides is 4. The van der Waals surface area contributed by atoms with Crippen molar-refractivity contribution >= 4 is 29.4 Å². The summed E-state index contributed by atoms with van der Waals surface area (Å²) in [7, 11) is 0. The molecule has 0 radical (unpaired) electrons. The van der Waals surface area contributed by atoms with E-state index < -0.39 is 23.6 Å². The summed E-state index contributed by atoms with van der Waals surface area (Å²) in [5, 5.41) is 6.94. The SMILES string of the molecule is CC(=O)Nc1cc(Oc2ccc(NC(=O)NC(=O)Cc3ccc(F)cc3)cc2F)ccn1. The number of hydrogen-bond donors (Lipinski definition) is 3. The number of halogens is 2. The minimum Gasteiger partial charge on any atom is -0.454 e. The van der Waals surface area contributed by atoms with E-state index in [-0.39, 0.29) is 35.3 Å². The first-order chi connectivity index (χ1) is 15.3. The van der Waals surface area contributed by atoms with Gasteiger partial charge in [-0.3, -0.25) is 14.9 Å². The standard InChI is InChI=1S/C22H18F2N4O4/c1-13(29)26-20-12-17(8-9-25-20)32-19-7-6-16(11-18(19)24)27-22(31)28-21(30)10-14-2-4-15(23)5-3-14/h2-9,11-12H,10H2,1H3,(H,25,26,29)(H2,27,28,30,31). The van der Waals surface area contributed by atoms with Gasteiger partial charge in [0.25, 0.3) is 0 Å². The molecule has 4 amide bonds. The highest BCUT2D eigenvalue weighted by atomic mass is 19.1. The quantitative estimate of drug-likeness (QED) is 0.537. The van der Waals surface area contributed by atoms with Gasteiger partial charge in [-0.1, -0.05) is 12.1 Å². The van der Waals surface area contributed by atoms with Crippen LogP contribution in [0.1, 0.15) is 12.5 Å². The number of urea groups is 1. The molecule has 0 atom stereocenters. The van der Waals surface area contributed by atoms with Crippen LogP contribution in [0.25, 0.3) is 0 Å². The fourth-order valence-electron chi connectivity index (χ4n) is 2.63. The number of ether oxygens (including phenoxy) is 1. The van der Waals surface area contributed by atoms with E-state index >= 15 is 0 Å². The lowest BCUT2D eigenvalue weighted by atomic mass is 10.1. The fraction of sp³-hybridized carbons (Fsp3) is 0.0909. The number of rotatable bonds is 6. The number of anilines is 2. The molecule has 0 aliphatic rings. The lowest BCUT2D eigenvalue weighted by molar-refractivity contribution is -0.119. The largest absolute Gasteiger partial charge is 0.454 e. The van der Waals surface area contributed by atoms with E-state index in [1.165, 1.54) is 61.7 Å². The Balaban J connectivity index is 1.57. The van der Waals surface area contributed by atoms with Crippen LogP contribution in [0.2, 0.25) is 0 Å². The number of nitrogens with one attached hydrogen (secondary N) is 3. The van der Waals surface area contributed by atoms with Crippen LogP contribution in [0.4, 0.5) is 25.1 Å². The molecule has 10 heteroatoms. The van der Waals surface area contributed by atoms with Crippen molar-refractivity contribution in [1.82, 2.24) is 10.3 Å². The van der Waals surface area contributed by atoms with Crippen LogP contribution >= 0.6 is 0 Å². The molecule has 0 saturated carbocycles. The molecule has 3 aromatic rings. The van der Waals surface area contributed by atoms with E-state index in [9.17, 15) is 23.2 Å². The molecule has 0 bridgehead atoms. The van der Waals surface area contributed by atoms with Gasteiger partial charge < -0.3 is 15.4 Å². The summed E-state index contributed by atoms with van der Waals surface area (Å²) in [6.07, 6.45) is 1.27. The third kappa shape index (κ3) is 6.59. The molecule has 0 spiro atoms. The zero-order valence-electron chi connectivity index (χ0n) is 16.8. The number of carbonyl (C=O) groups is 3. The molecule has 32 heavy (non-hydrogen) atoms. The molecule has 8 nitrogen and oxygen atoms in total. The monoisotopic (exact) mass is 440 g/mol. The molecule has 1 heterocycles. The Hall–Kier alpha value is -4.34. The summed E-state index contributed by atoms with van der Waals surface area (Å²) in [5.74, 6) is -1.75. The first-order valence-corrected chi connectivity index (χ1v) is 9.35. The van der Waals surface area contributed by atoms with Crippen LogP contribution in [-0.4, -0.2) is 22.8 Å². The summed E-state index contributed by atoms with van der Waals surface area (Å²) < 4.78 is 32.8. The van der Waals surface area contributed by atoms with Crippen molar-refractivity contribution in [3.63, 3.8) is 0 Å². The van der Waals surface area contributed by atoms with Gasteiger partial charge in [0.2, 0.25) is 11.8 Å². The lowest BCUT2D eigenvalue weighted by Gasteiger charge is -2.11. The average Bonchev–Trinajstić information content (AvgIpc) is 2.71. The Morgan fingerprint density at radius 3 is 2.41 bits per heavy atom. The molecular formula is C22H18F2N4O4. The Morgan fingerprint density at radius 1 is 0.969 bits per heavy atom. The molecule has 1 aromatic heterocycles. The number of hydrogen-bond acceptors (Lipinski definition) is 5. The van der Waals surface area contributed by atoms with Gasteiger partial charge in [-0.25, -0.2) is 18.6 Å².